The minimum absolute atomic E-state index is 0.0347. The summed E-state index contributed by atoms with van der Waals surface area (Å²) in [7, 11) is 0. The van der Waals surface area contributed by atoms with E-state index in [1.165, 1.54) is 0 Å². The zero-order valence-corrected chi connectivity index (χ0v) is 25.1. The van der Waals surface area contributed by atoms with Crippen molar-refractivity contribution in [2.24, 2.45) is 17.8 Å². The number of allylic oxidation sites excluding steroid dienone is 1. The lowest BCUT2D eigenvalue weighted by atomic mass is 9.66. The van der Waals surface area contributed by atoms with E-state index in [1.807, 2.05) is 45.0 Å². The van der Waals surface area contributed by atoms with Gasteiger partial charge < -0.3 is 19.6 Å². The largest absolute Gasteiger partial charge is 0.465 e. The van der Waals surface area contributed by atoms with Gasteiger partial charge in [0.1, 0.15) is 6.04 Å². The van der Waals surface area contributed by atoms with E-state index in [4.69, 9.17) is 4.74 Å². The third kappa shape index (κ3) is 5.02. The first-order valence-corrected chi connectivity index (χ1v) is 15.4. The average Bonchev–Trinajstić information content (AvgIpc) is 3.53. The van der Waals surface area contributed by atoms with Crippen molar-refractivity contribution >= 4 is 35.2 Å². The second-order valence-electron chi connectivity index (χ2n) is 11.5. The Balaban J connectivity index is 1.76. The number of likely N-dealkylation sites (tertiary alicyclic amines) is 1. The third-order valence-corrected chi connectivity index (χ3v) is 11.1. The quantitative estimate of drug-likeness (QED) is 0.208. The van der Waals surface area contributed by atoms with E-state index in [0.717, 1.165) is 42.5 Å². The number of carbonyl (C=O) groups excluding carboxylic acids is 3. The Morgan fingerprint density at radius 1 is 1.27 bits per heavy atom. The fourth-order valence-corrected chi connectivity index (χ4v) is 9.46. The van der Waals surface area contributed by atoms with Crippen molar-refractivity contribution in [2.75, 3.05) is 24.7 Å². The summed E-state index contributed by atoms with van der Waals surface area (Å²) in [6.07, 6.45) is 7.28. The van der Waals surface area contributed by atoms with Crippen LogP contribution in [-0.2, 0) is 19.1 Å². The van der Waals surface area contributed by atoms with Gasteiger partial charge in [0.05, 0.1) is 35.8 Å². The van der Waals surface area contributed by atoms with Crippen LogP contribution in [0, 0.1) is 31.6 Å². The van der Waals surface area contributed by atoms with Crippen LogP contribution in [0.15, 0.2) is 43.5 Å². The average molecular weight is 569 g/mol. The zero-order chi connectivity index (χ0) is 29.2. The van der Waals surface area contributed by atoms with Crippen molar-refractivity contribution in [1.29, 1.82) is 0 Å². The maximum absolute atomic E-state index is 14.8. The molecule has 3 heterocycles. The van der Waals surface area contributed by atoms with Crippen LogP contribution in [0.25, 0.3) is 0 Å². The molecule has 218 valence electrons. The molecule has 2 amide bonds. The topological polar surface area (TPSA) is 87.2 Å². The minimum Gasteiger partial charge on any atom is -0.465 e. The second-order valence-corrected chi connectivity index (χ2v) is 13.1. The fourth-order valence-electron chi connectivity index (χ4n) is 7.07. The summed E-state index contributed by atoms with van der Waals surface area (Å²) in [5, 5.41) is 10.3. The first-order chi connectivity index (χ1) is 19.2. The van der Waals surface area contributed by atoms with Crippen molar-refractivity contribution in [2.45, 2.75) is 81.9 Å². The molecule has 7 nitrogen and oxygen atoms in total. The number of anilines is 1. The third-order valence-electron chi connectivity index (χ3n) is 9.04. The number of hydrogen-bond donors (Lipinski definition) is 1. The molecule has 0 radical (unpaired) electrons. The van der Waals surface area contributed by atoms with E-state index >= 15 is 0 Å². The molecule has 4 rings (SSSR count). The molecule has 2 bridgehead atoms. The van der Waals surface area contributed by atoms with Crippen molar-refractivity contribution in [3.05, 3.63) is 54.6 Å². The van der Waals surface area contributed by atoms with Gasteiger partial charge in [0, 0.05) is 17.5 Å². The molecule has 3 fully saturated rings. The van der Waals surface area contributed by atoms with E-state index in [0.29, 0.717) is 13.0 Å². The van der Waals surface area contributed by atoms with E-state index in [2.05, 4.69) is 20.1 Å². The molecule has 3 aliphatic heterocycles. The molecule has 40 heavy (non-hydrogen) atoms. The summed E-state index contributed by atoms with van der Waals surface area (Å²) >= 11 is 1.63. The van der Waals surface area contributed by atoms with Crippen LogP contribution >= 0.6 is 11.8 Å². The normalized spacial score (nSPS) is 29.3. The smallest absolute Gasteiger partial charge is 0.310 e. The Bertz CT molecular complexity index is 1150. The van der Waals surface area contributed by atoms with Crippen LogP contribution in [0.5, 0.6) is 0 Å². The van der Waals surface area contributed by atoms with Gasteiger partial charge in [0.15, 0.2) is 0 Å². The van der Waals surface area contributed by atoms with Gasteiger partial charge in [-0.1, -0.05) is 38.1 Å². The highest BCUT2D eigenvalue weighted by molar-refractivity contribution is 8.02. The number of amides is 2. The number of unbranched alkanes of at least 4 members (excludes halogenated alkanes) is 2. The van der Waals surface area contributed by atoms with E-state index in [1.54, 1.807) is 27.6 Å². The van der Waals surface area contributed by atoms with E-state index in [9.17, 15) is 19.5 Å². The minimum atomic E-state index is -0.808. The number of hydrogen-bond acceptors (Lipinski definition) is 6. The Labute approximate surface area is 243 Å². The summed E-state index contributed by atoms with van der Waals surface area (Å²) in [5.41, 5.74) is 2.77. The van der Waals surface area contributed by atoms with Crippen LogP contribution in [0.2, 0.25) is 0 Å². The molecule has 1 N–H and O–H groups in total. The van der Waals surface area contributed by atoms with Gasteiger partial charge in [-0.25, -0.2) is 0 Å². The number of ether oxygens (including phenoxy) is 1. The maximum Gasteiger partial charge on any atom is 0.310 e. The highest BCUT2D eigenvalue weighted by atomic mass is 32.2. The van der Waals surface area contributed by atoms with Gasteiger partial charge in [-0.15, -0.1) is 24.9 Å². The highest BCUT2D eigenvalue weighted by Gasteiger charge is 2.77. The van der Waals surface area contributed by atoms with E-state index in [-0.39, 0.29) is 42.1 Å². The molecule has 0 aliphatic carbocycles. The van der Waals surface area contributed by atoms with Gasteiger partial charge in [-0.3, -0.25) is 14.4 Å². The van der Waals surface area contributed by atoms with Crippen LogP contribution in [-0.4, -0.2) is 69.6 Å². The molecule has 0 aromatic heterocycles. The Morgan fingerprint density at radius 3 is 2.67 bits per heavy atom. The molecule has 8 heteroatoms. The summed E-state index contributed by atoms with van der Waals surface area (Å²) < 4.78 is 4.95. The predicted octanol–water partition coefficient (Wildman–Crippen LogP) is 4.83. The predicted molar refractivity (Wildman–Crippen MR) is 160 cm³/mol. The number of carbonyl (C=O) groups is 3. The number of aliphatic hydroxyl groups is 1. The zero-order valence-electron chi connectivity index (χ0n) is 24.3. The summed E-state index contributed by atoms with van der Waals surface area (Å²) in [4.78, 5) is 46.0. The number of rotatable bonds is 13. The highest BCUT2D eigenvalue weighted by Crippen LogP contribution is 2.69. The molecule has 3 unspecified atom stereocenters. The van der Waals surface area contributed by atoms with Crippen molar-refractivity contribution in [1.82, 2.24) is 4.90 Å². The number of fused-ring (bicyclic) bond motifs is 1. The summed E-state index contributed by atoms with van der Waals surface area (Å²) in [5.74, 6) is -1.97. The Kier molecular flexibility index (Phi) is 9.51. The van der Waals surface area contributed by atoms with Crippen molar-refractivity contribution < 1.29 is 24.2 Å². The van der Waals surface area contributed by atoms with Crippen LogP contribution in [0.4, 0.5) is 5.69 Å². The lowest BCUT2D eigenvalue weighted by molar-refractivity contribution is -0.155. The fraction of sp³-hybridized carbons (Fsp3) is 0.594. The molecule has 3 saturated heterocycles. The summed E-state index contributed by atoms with van der Waals surface area (Å²) in [6, 6.07) is 4.67. The van der Waals surface area contributed by atoms with Crippen molar-refractivity contribution in [3.8, 4) is 0 Å². The lowest BCUT2D eigenvalue weighted by Crippen LogP contribution is -2.59. The summed E-state index contributed by atoms with van der Waals surface area (Å²) in [6.45, 7) is 16.0. The Morgan fingerprint density at radius 2 is 2.02 bits per heavy atom. The molecule has 7 atom stereocenters. The SMILES string of the molecule is C=CCCCCOC(=O)[C@@H]1[C@@H]2CC(C)C3(S2)C(C(=O)N(CC=C)c2cc(C)ccc2C)N([C@@H](CC)CO)C(=O)[C@H]13. The van der Waals surface area contributed by atoms with Crippen LogP contribution < -0.4 is 4.90 Å². The number of thioether (sulfide) groups is 1. The molecule has 1 spiro atoms. The number of nitrogens with zero attached hydrogens (tertiary/aromatic N) is 2. The maximum atomic E-state index is 14.8. The second kappa shape index (κ2) is 12.5. The molecule has 0 saturated carbocycles. The van der Waals surface area contributed by atoms with Gasteiger partial charge in [0.25, 0.3) is 5.91 Å². The first kappa shape index (κ1) is 30.4. The first-order valence-electron chi connectivity index (χ1n) is 14.6. The number of benzene rings is 1. The number of aliphatic hydroxyl groups excluding tert-OH is 1. The molecular formula is C32H44N2O5S. The molecule has 1 aromatic carbocycles. The molecular weight excluding hydrogens is 524 g/mol. The van der Waals surface area contributed by atoms with Crippen LogP contribution in [0.1, 0.15) is 57.1 Å². The van der Waals surface area contributed by atoms with E-state index < -0.39 is 28.7 Å². The lowest BCUT2D eigenvalue weighted by Gasteiger charge is -2.42. The molecule has 1 aromatic rings. The number of esters is 1. The standard InChI is InChI=1S/C32H44N2O5S/c1-7-10-11-12-16-39-31(38)26-25-18-22(6)32(40-25)27(26)29(36)34(23(9-3)19-35)28(32)30(37)33(15-8-2)24-17-20(4)13-14-21(24)5/h7-8,13-14,17,22-23,25-28,35H,1-2,9-12,15-16,18-19H2,3-6H3/t22?,23-,25-,26+,27-,28?,32?/m0/s1. The van der Waals surface area contributed by atoms with Gasteiger partial charge in [-0.05, 0) is 69.1 Å². The number of aryl methyl sites for hydroxylation is 2. The monoisotopic (exact) mass is 568 g/mol. The van der Waals surface area contributed by atoms with Crippen LogP contribution in [0.3, 0.4) is 0 Å². The van der Waals surface area contributed by atoms with Gasteiger partial charge >= 0.3 is 5.97 Å². The Hall–Kier alpha value is -2.58. The van der Waals surface area contributed by atoms with Gasteiger partial charge in [-0.2, -0.15) is 0 Å². The van der Waals surface area contributed by atoms with Crippen molar-refractivity contribution in [3.63, 3.8) is 0 Å². The molecule has 3 aliphatic rings. The van der Waals surface area contributed by atoms with Gasteiger partial charge in [0.2, 0.25) is 5.91 Å².